The van der Waals surface area contributed by atoms with Crippen molar-refractivity contribution < 1.29 is 4.79 Å². The molecular formula is C17H23N3O. The second-order valence-electron chi connectivity index (χ2n) is 6.64. The van der Waals surface area contributed by atoms with Gasteiger partial charge in [-0.1, -0.05) is 45.0 Å². The van der Waals surface area contributed by atoms with Crippen molar-refractivity contribution in [3.8, 4) is 0 Å². The number of rotatable bonds is 4. The van der Waals surface area contributed by atoms with Crippen molar-refractivity contribution in [2.24, 2.45) is 0 Å². The van der Waals surface area contributed by atoms with Gasteiger partial charge in [0, 0.05) is 11.6 Å². The topological polar surface area (TPSA) is 47.8 Å². The highest BCUT2D eigenvalue weighted by Crippen LogP contribution is 2.22. The fourth-order valence-corrected chi connectivity index (χ4v) is 2.23. The third kappa shape index (κ3) is 3.57. The Balaban J connectivity index is 2.15. The average Bonchev–Trinajstić information content (AvgIpc) is 2.86. The van der Waals surface area contributed by atoms with Crippen LogP contribution < -0.4 is 0 Å². The molecule has 21 heavy (non-hydrogen) atoms. The third-order valence-corrected chi connectivity index (χ3v) is 3.53. The zero-order chi connectivity index (χ0) is 15.6. The van der Waals surface area contributed by atoms with Crippen LogP contribution in [-0.4, -0.2) is 20.5 Å². The van der Waals surface area contributed by atoms with Crippen molar-refractivity contribution in [1.29, 1.82) is 0 Å². The van der Waals surface area contributed by atoms with Gasteiger partial charge < -0.3 is 0 Å². The van der Waals surface area contributed by atoms with Gasteiger partial charge >= 0.3 is 0 Å². The summed E-state index contributed by atoms with van der Waals surface area (Å²) in [5.74, 6) is 0.792. The number of ketones is 1. The van der Waals surface area contributed by atoms with Crippen LogP contribution in [-0.2, 0) is 11.8 Å². The van der Waals surface area contributed by atoms with E-state index in [1.807, 2.05) is 38.1 Å². The van der Waals surface area contributed by atoms with Gasteiger partial charge in [-0.3, -0.25) is 4.79 Å². The van der Waals surface area contributed by atoms with E-state index in [1.165, 1.54) is 11.9 Å². The molecule has 0 atom stereocenters. The summed E-state index contributed by atoms with van der Waals surface area (Å²) in [7, 11) is 0. The Kier molecular flexibility index (Phi) is 4.26. The molecule has 0 saturated heterocycles. The maximum Gasteiger partial charge on any atom is 0.170 e. The number of benzene rings is 1. The van der Waals surface area contributed by atoms with Gasteiger partial charge in [-0.25, -0.2) is 9.67 Å². The number of hydrogen-bond acceptors (Lipinski definition) is 3. The fourth-order valence-electron chi connectivity index (χ4n) is 2.23. The summed E-state index contributed by atoms with van der Waals surface area (Å²) in [6.07, 6.45) is 1.79. The smallest absolute Gasteiger partial charge is 0.170 e. The molecule has 0 saturated carbocycles. The van der Waals surface area contributed by atoms with Crippen molar-refractivity contribution in [3.63, 3.8) is 0 Å². The highest BCUT2D eigenvalue weighted by Gasteiger charge is 2.16. The molecule has 0 aliphatic rings. The van der Waals surface area contributed by atoms with E-state index >= 15 is 0 Å². The Bertz CT molecular complexity index is 618. The molecule has 0 aliphatic heterocycles. The predicted molar refractivity (Wildman–Crippen MR) is 83.6 cm³/mol. The maximum atomic E-state index is 12.4. The van der Waals surface area contributed by atoms with E-state index in [2.05, 4.69) is 30.9 Å². The van der Waals surface area contributed by atoms with Gasteiger partial charge in [-0.15, -0.1) is 0 Å². The van der Waals surface area contributed by atoms with E-state index in [4.69, 9.17) is 0 Å². The third-order valence-electron chi connectivity index (χ3n) is 3.53. The lowest BCUT2D eigenvalue weighted by Crippen LogP contribution is -2.14. The molecule has 0 amide bonds. The summed E-state index contributed by atoms with van der Waals surface area (Å²) in [6.45, 7) is 10.5. The molecule has 2 rings (SSSR count). The summed E-state index contributed by atoms with van der Waals surface area (Å²) in [6, 6.07) is 8.07. The number of hydrogen-bond donors (Lipinski definition) is 0. The second kappa shape index (κ2) is 5.80. The first-order valence-corrected chi connectivity index (χ1v) is 7.31. The normalized spacial score (nSPS) is 11.9. The van der Waals surface area contributed by atoms with Gasteiger partial charge in [-0.05, 0) is 24.8 Å². The molecule has 1 heterocycles. The van der Waals surface area contributed by atoms with Crippen LogP contribution in [0.4, 0.5) is 0 Å². The monoisotopic (exact) mass is 285 g/mol. The number of carbonyl (C=O) groups is 1. The number of nitrogens with zero attached hydrogens (tertiary/aromatic N) is 3. The molecule has 1 aromatic heterocycles. The fraction of sp³-hybridized carbons (Fsp3) is 0.471. The van der Waals surface area contributed by atoms with Crippen molar-refractivity contribution >= 4 is 5.78 Å². The van der Waals surface area contributed by atoms with Crippen LogP contribution in [0.3, 0.4) is 0 Å². The Morgan fingerprint density at radius 1 is 1.19 bits per heavy atom. The van der Waals surface area contributed by atoms with Crippen LogP contribution in [0.2, 0.25) is 0 Å². The quantitative estimate of drug-likeness (QED) is 0.807. The van der Waals surface area contributed by atoms with Crippen LogP contribution in [0, 0.1) is 0 Å². The SMILES string of the molecule is CC(C)n1ncnc1CC(=O)c1ccc(C(C)(C)C)cc1. The molecule has 1 aromatic carbocycles. The standard InChI is InChI=1S/C17H23N3O/c1-12(2)20-16(18-11-19-20)10-15(21)13-6-8-14(9-7-13)17(3,4)5/h6-9,11-12H,10H2,1-5H3. The van der Waals surface area contributed by atoms with Crippen LogP contribution in [0.25, 0.3) is 0 Å². The van der Waals surface area contributed by atoms with E-state index in [1.54, 1.807) is 4.68 Å². The Morgan fingerprint density at radius 3 is 2.33 bits per heavy atom. The summed E-state index contributed by atoms with van der Waals surface area (Å²) < 4.78 is 1.79. The molecule has 112 valence electrons. The maximum absolute atomic E-state index is 12.4. The molecule has 0 radical (unpaired) electrons. The minimum absolute atomic E-state index is 0.0744. The molecule has 4 nitrogen and oxygen atoms in total. The van der Waals surface area contributed by atoms with Gasteiger partial charge in [0.2, 0.25) is 0 Å². The molecule has 0 fully saturated rings. The van der Waals surface area contributed by atoms with E-state index < -0.39 is 0 Å². The number of Topliss-reactive ketones (excluding diaryl/α,β-unsaturated/α-hetero) is 1. The van der Waals surface area contributed by atoms with Crippen LogP contribution in [0.5, 0.6) is 0 Å². The minimum Gasteiger partial charge on any atom is -0.294 e. The predicted octanol–water partition coefficient (Wildman–Crippen LogP) is 3.58. The van der Waals surface area contributed by atoms with E-state index in [0.29, 0.717) is 0 Å². The summed E-state index contributed by atoms with van der Waals surface area (Å²) in [5.41, 5.74) is 2.05. The summed E-state index contributed by atoms with van der Waals surface area (Å²) in [4.78, 5) is 16.6. The highest BCUT2D eigenvalue weighted by molar-refractivity contribution is 5.97. The Labute approximate surface area is 126 Å². The van der Waals surface area contributed by atoms with Crippen molar-refractivity contribution in [3.05, 3.63) is 47.5 Å². The molecule has 0 N–H and O–H groups in total. The zero-order valence-corrected chi connectivity index (χ0v) is 13.4. The van der Waals surface area contributed by atoms with Gasteiger partial charge in [0.05, 0.1) is 6.42 Å². The average molecular weight is 285 g/mol. The first-order chi connectivity index (χ1) is 9.79. The zero-order valence-electron chi connectivity index (χ0n) is 13.4. The van der Waals surface area contributed by atoms with Crippen molar-refractivity contribution in [1.82, 2.24) is 14.8 Å². The van der Waals surface area contributed by atoms with Crippen LogP contribution in [0.15, 0.2) is 30.6 Å². The lowest BCUT2D eigenvalue weighted by Gasteiger charge is -2.19. The van der Waals surface area contributed by atoms with Crippen molar-refractivity contribution in [2.75, 3.05) is 0 Å². The van der Waals surface area contributed by atoms with Gasteiger partial charge in [0.1, 0.15) is 12.2 Å². The summed E-state index contributed by atoms with van der Waals surface area (Å²) >= 11 is 0. The van der Waals surface area contributed by atoms with E-state index in [0.717, 1.165) is 11.4 Å². The molecule has 0 unspecified atom stereocenters. The van der Waals surface area contributed by atoms with Gasteiger partial charge in [-0.2, -0.15) is 5.10 Å². The Hall–Kier alpha value is -1.97. The van der Waals surface area contributed by atoms with E-state index in [-0.39, 0.29) is 23.7 Å². The largest absolute Gasteiger partial charge is 0.294 e. The van der Waals surface area contributed by atoms with Crippen LogP contribution in [0.1, 0.15) is 62.4 Å². The van der Waals surface area contributed by atoms with E-state index in [9.17, 15) is 4.79 Å². The molecule has 0 bridgehead atoms. The Morgan fingerprint density at radius 2 is 1.81 bits per heavy atom. The van der Waals surface area contributed by atoms with Crippen molar-refractivity contribution in [2.45, 2.75) is 52.5 Å². The number of aromatic nitrogens is 3. The lowest BCUT2D eigenvalue weighted by atomic mass is 9.86. The summed E-state index contributed by atoms with van der Waals surface area (Å²) in [5, 5.41) is 4.16. The lowest BCUT2D eigenvalue weighted by molar-refractivity contribution is 0.0989. The van der Waals surface area contributed by atoms with Gasteiger partial charge in [0.15, 0.2) is 5.78 Å². The first-order valence-electron chi connectivity index (χ1n) is 7.31. The molecule has 0 aliphatic carbocycles. The first kappa shape index (κ1) is 15.4. The molecule has 4 heteroatoms. The van der Waals surface area contributed by atoms with Crippen LogP contribution >= 0.6 is 0 Å². The minimum atomic E-state index is 0.0744. The molecule has 2 aromatic rings. The highest BCUT2D eigenvalue weighted by atomic mass is 16.1. The second-order valence-corrected chi connectivity index (χ2v) is 6.64. The number of carbonyl (C=O) groups excluding carboxylic acids is 1. The molecule has 0 spiro atoms. The molecular weight excluding hydrogens is 262 g/mol. The van der Waals surface area contributed by atoms with Gasteiger partial charge in [0.25, 0.3) is 0 Å².